The Hall–Kier alpha value is -1.46. The van der Waals surface area contributed by atoms with Crippen LogP contribution in [0.1, 0.15) is 20.8 Å². The summed E-state index contributed by atoms with van der Waals surface area (Å²) in [5, 5.41) is 4.94. The molecular weight excluding hydrogens is 290 g/mol. The van der Waals surface area contributed by atoms with Gasteiger partial charge >= 0.3 is 0 Å². The van der Waals surface area contributed by atoms with Crippen LogP contribution in [0.15, 0.2) is 41.8 Å². The Bertz CT molecular complexity index is 594. The summed E-state index contributed by atoms with van der Waals surface area (Å²) >= 11 is 1.69. The zero-order chi connectivity index (χ0) is 14.4. The van der Waals surface area contributed by atoms with E-state index in [-0.39, 0.29) is 5.91 Å². The van der Waals surface area contributed by atoms with Crippen LogP contribution in [0.5, 0.6) is 0 Å². The molecule has 0 aliphatic rings. The molecule has 1 amide bonds. The Morgan fingerprint density at radius 3 is 2.85 bits per heavy atom. The molecule has 0 aliphatic carbocycles. The van der Waals surface area contributed by atoms with Gasteiger partial charge in [-0.2, -0.15) is 0 Å². The van der Waals surface area contributed by atoms with Gasteiger partial charge in [0.15, 0.2) is 0 Å². The molecule has 2 aromatic rings. The van der Waals surface area contributed by atoms with Crippen molar-refractivity contribution in [2.75, 3.05) is 12.8 Å². The Morgan fingerprint density at radius 2 is 2.15 bits per heavy atom. The van der Waals surface area contributed by atoms with E-state index >= 15 is 0 Å². The van der Waals surface area contributed by atoms with Crippen molar-refractivity contribution in [2.24, 2.45) is 0 Å². The standard InChI is InChI=1S/C15H17NO2S2/c1-20(18)11-12-4-2-5-13(10-12)15(17)16-8-7-14-6-3-9-19-14/h2-6,9-10H,7-8,11H2,1H3,(H,16,17). The van der Waals surface area contributed by atoms with Gasteiger partial charge < -0.3 is 5.32 Å². The highest BCUT2D eigenvalue weighted by molar-refractivity contribution is 7.83. The number of hydrogen-bond acceptors (Lipinski definition) is 3. The summed E-state index contributed by atoms with van der Waals surface area (Å²) in [5.74, 6) is 0.404. The smallest absolute Gasteiger partial charge is 0.251 e. The fraction of sp³-hybridized carbons (Fsp3) is 0.267. The Morgan fingerprint density at radius 1 is 1.30 bits per heavy atom. The number of amides is 1. The molecule has 0 saturated carbocycles. The van der Waals surface area contributed by atoms with E-state index in [1.165, 1.54) is 4.88 Å². The van der Waals surface area contributed by atoms with Gasteiger partial charge in [-0.15, -0.1) is 11.3 Å². The van der Waals surface area contributed by atoms with Gasteiger partial charge in [-0.25, -0.2) is 0 Å². The second-order valence-electron chi connectivity index (χ2n) is 4.50. The molecular formula is C15H17NO2S2. The third-order valence-corrected chi connectivity index (χ3v) is 4.47. The molecule has 5 heteroatoms. The van der Waals surface area contributed by atoms with E-state index in [1.54, 1.807) is 23.7 Å². The zero-order valence-corrected chi connectivity index (χ0v) is 12.9. The third-order valence-electron chi connectivity index (χ3n) is 2.80. The first-order valence-electron chi connectivity index (χ1n) is 6.34. The van der Waals surface area contributed by atoms with Crippen LogP contribution < -0.4 is 5.32 Å². The number of hydrogen-bond donors (Lipinski definition) is 1. The molecule has 1 aromatic heterocycles. The third kappa shape index (κ3) is 4.58. The lowest BCUT2D eigenvalue weighted by atomic mass is 10.1. The van der Waals surface area contributed by atoms with Crippen molar-refractivity contribution >= 4 is 28.0 Å². The van der Waals surface area contributed by atoms with E-state index < -0.39 is 10.8 Å². The molecule has 0 radical (unpaired) electrons. The number of thiophene rings is 1. The van der Waals surface area contributed by atoms with Crippen LogP contribution in [0.25, 0.3) is 0 Å². The van der Waals surface area contributed by atoms with E-state index in [1.807, 2.05) is 29.6 Å². The van der Waals surface area contributed by atoms with E-state index in [4.69, 9.17) is 0 Å². The lowest BCUT2D eigenvalue weighted by Crippen LogP contribution is -2.25. The molecule has 3 nitrogen and oxygen atoms in total. The second-order valence-corrected chi connectivity index (χ2v) is 6.97. The molecule has 2 rings (SSSR count). The van der Waals surface area contributed by atoms with Gasteiger partial charge in [0.2, 0.25) is 0 Å². The lowest BCUT2D eigenvalue weighted by molar-refractivity contribution is 0.0954. The minimum absolute atomic E-state index is 0.0784. The molecule has 1 aromatic carbocycles. The Balaban J connectivity index is 1.90. The minimum Gasteiger partial charge on any atom is -0.352 e. The first-order valence-corrected chi connectivity index (χ1v) is 8.95. The fourth-order valence-electron chi connectivity index (χ4n) is 1.89. The molecule has 0 saturated heterocycles. The normalized spacial score (nSPS) is 12.1. The highest BCUT2D eigenvalue weighted by Crippen LogP contribution is 2.09. The maximum Gasteiger partial charge on any atom is 0.251 e. The SMILES string of the molecule is CS(=O)Cc1cccc(C(=O)NCCc2cccs2)c1. The molecule has 0 bridgehead atoms. The topological polar surface area (TPSA) is 46.2 Å². The van der Waals surface area contributed by atoms with Crippen LogP contribution in [-0.4, -0.2) is 22.9 Å². The van der Waals surface area contributed by atoms with Gasteiger partial charge in [0, 0.05) is 39.8 Å². The molecule has 0 fully saturated rings. The van der Waals surface area contributed by atoms with Crippen molar-refractivity contribution in [3.05, 3.63) is 57.8 Å². The Labute approximate surface area is 125 Å². The summed E-state index contributed by atoms with van der Waals surface area (Å²) in [6.45, 7) is 0.628. The predicted molar refractivity (Wildman–Crippen MR) is 84.6 cm³/mol. The Kier molecular flexibility index (Phi) is 5.49. The highest BCUT2D eigenvalue weighted by Gasteiger charge is 2.06. The molecule has 106 valence electrons. The van der Waals surface area contributed by atoms with Crippen LogP contribution in [0.2, 0.25) is 0 Å². The molecule has 20 heavy (non-hydrogen) atoms. The monoisotopic (exact) mass is 307 g/mol. The number of benzene rings is 1. The molecule has 1 atom stereocenters. The molecule has 1 heterocycles. The summed E-state index contributed by atoms with van der Waals surface area (Å²) < 4.78 is 11.2. The molecule has 1 unspecified atom stereocenters. The number of carbonyl (C=O) groups excluding carboxylic acids is 1. The van der Waals surface area contributed by atoms with Gasteiger partial charge in [-0.05, 0) is 35.6 Å². The van der Waals surface area contributed by atoms with Crippen molar-refractivity contribution in [1.29, 1.82) is 0 Å². The van der Waals surface area contributed by atoms with Gasteiger partial charge in [0.25, 0.3) is 5.91 Å². The predicted octanol–water partition coefficient (Wildman–Crippen LogP) is 2.60. The van der Waals surface area contributed by atoms with E-state index in [2.05, 4.69) is 11.4 Å². The van der Waals surface area contributed by atoms with Crippen LogP contribution in [0.3, 0.4) is 0 Å². The van der Waals surface area contributed by atoms with Gasteiger partial charge in [-0.3, -0.25) is 9.00 Å². The zero-order valence-electron chi connectivity index (χ0n) is 11.3. The fourth-order valence-corrected chi connectivity index (χ4v) is 3.25. The summed E-state index contributed by atoms with van der Waals surface area (Å²) in [4.78, 5) is 13.3. The van der Waals surface area contributed by atoms with Crippen LogP contribution in [-0.2, 0) is 23.0 Å². The first-order chi connectivity index (χ1) is 9.65. The number of nitrogens with one attached hydrogen (secondary N) is 1. The summed E-state index contributed by atoms with van der Waals surface area (Å²) in [6, 6.07) is 11.4. The van der Waals surface area contributed by atoms with E-state index in [9.17, 15) is 9.00 Å². The highest BCUT2D eigenvalue weighted by atomic mass is 32.2. The largest absolute Gasteiger partial charge is 0.352 e. The molecule has 0 aliphatic heterocycles. The number of carbonyl (C=O) groups is 1. The van der Waals surface area contributed by atoms with Crippen LogP contribution in [0.4, 0.5) is 0 Å². The van der Waals surface area contributed by atoms with Crippen LogP contribution >= 0.6 is 11.3 Å². The quantitative estimate of drug-likeness (QED) is 0.891. The van der Waals surface area contributed by atoms with E-state index in [0.29, 0.717) is 17.9 Å². The van der Waals surface area contributed by atoms with Crippen molar-refractivity contribution in [3.63, 3.8) is 0 Å². The average molecular weight is 307 g/mol. The van der Waals surface area contributed by atoms with Crippen molar-refractivity contribution < 1.29 is 9.00 Å². The average Bonchev–Trinajstić information content (AvgIpc) is 2.91. The second kappa shape index (κ2) is 7.36. The van der Waals surface area contributed by atoms with Crippen molar-refractivity contribution in [1.82, 2.24) is 5.32 Å². The van der Waals surface area contributed by atoms with E-state index in [0.717, 1.165) is 12.0 Å². The minimum atomic E-state index is -0.894. The van der Waals surface area contributed by atoms with Crippen LogP contribution in [0, 0.1) is 0 Å². The van der Waals surface area contributed by atoms with Gasteiger partial charge in [0.1, 0.15) is 0 Å². The first kappa shape index (κ1) is 14.9. The lowest BCUT2D eigenvalue weighted by Gasteiger charge is -2.06. The maximum atomic E-state index is 12.0. The van der Waals surface area contributed by atoms with Gasteiger partial charge in [-0.1, -0.05) is 18.2 Å². The van der Waals surface area contributed by atoms with Crippen molar-refractivity contribution in [2.45, 2.75) is 12.2 Å². The maximum absolute atomic E-state index is 12.0. The molecule has 0 spiro atoms. The summed E-state index contributed by atoms with van der Waals surface area (Å²) in [5.41, 5.74) is 1.55. The van der Waals surface area contributed by atoms with Gasteiger partial charge in [0.05, 0.1) is 0 Å². The summed E-state index contributed by atoms with van der Waals surface area (Å²) in [7, 11) is -0.894. The summed E-state index contributed by atoms with van der Waals surface area (Å²) in [6.07, 6.45) is 2.51. The number of rotatable bonds is 6. The molecule has 1 N–H and O–H groups in total. The van der Waals surface area contributed by atoms with Crippen molar-refractivity contribution in [3.8, 4) is 0 Å².